The molecule has 0 aromatic rings. The van der Waals surface area contributed by atoms with Crippen LogP contribution in [0, 0.1) is 6.61 Å². The van der Waals surface area contributed by atoms with E-state index in [1.807, 2.05) is 0 Å². The molecule has 0 atom stereocenters. The number of carbonyl (C=O) groups is 1. The van der Waals surface area contributed by atoms with Gasteiger partial charge in [-0.25, -0.2) is 4.79 Å². The van der Waals surface area contributed by atoms with Crippen molar-refractivity contribution < 1.29 is 9.53 Å². The van der Waals surface area contributed by atoms with E-state index in [4.69, 9.17) is 4.74 Å². The van der Waals surface area contributed by atoms with Crippen LogP contribution in [0.25, 0.3) is 0 Å². The first-order valence-corrected chi connectivity index (χ1v) is 5.61. The van der Waals surface area contributed by atoms with E-state index in [1.165, 1.54) is 19.3 Å². The van der Waals surface area contributed by atoms with Crippen LogP contribution in [-0.2, 0) is 4.74 Å². The van der Waals surface area contributed by atoms with Gasteiger partial charge < -0.3 is 10.1 Å². The quantitative estimate of drug-likeness (QED) is 0.705. The molecular formula is C11H20NO2. The topological polar surface area (TPSA) is 38.3 Å². The minimum atomic E-state index is -0.287. The van der Waals surface area contributed by atoms with Crippen LogP contribution in [0.3, 0.4) is 0 Å². The van der Waals surface area contributed by atoms with Crippen LogP contribution in [0.5, 0.6) is 0 Å². The van der Waals surface area contributed by atoms with Gasteiger partial charge in [0.1, 0.15) is 6.61 Å². The second kappa shape index (κ2) is 6.68. The van der Waals surface area contributed by atoms with Crippen LogP contribution in [0.1, 0.15) is 51.9 Å². The Kier molecular flexibility index (Phi) is 5.42. The largest absolute Gasteiger partial charge is 0.442 e. The second-order valence-electron chi connectivity index (χ2n) is 3.84. The van der Waals surface area contributed by atoms with Crippen LogP contribution >= 0.6 is 0 Å². The molecule has 0 bridgehead atoms. The Morgan fingerprint density at radius 3 is 2.79 bits per heavy atom. The fourth-order valence-electron chi connectivity index (χ4n) is 1.70. The predicted molar refractivity (Wildman–Crippen MR) is 55.7 cm³/mol. The first-order chi connectivity index (χ1) is 6.83. The molecule has 1 saturated carbocycles. The summed E-state index contributed by atoms with van der Waals surface area (Å²) in [7, 11) is 0. The average molecular weight is 198 g/mol. The van der Waals surface area contributed by atoms with Crippen molar-refractivity contribution in [2.24, 2.45) is 0 Å². The molecule has 81 valence electrons. The molecule has 14 heavy (non-hydrogen) atoms. The van der Waals surface area contributed by atoms with E-state index in [0.29, 0.717) is 6.04 Å². The summed E-state index contributed by atoms with van der Waals surface area (Å²) in [6, 6.07) is 0.339. The molecule has 1 N–H and O–H groups in total. The summed E-state index contributed by atoms with van der Waals surface area (Å²) in [4.78, 5) is 11.2. The van der Waals surface area contributed by atoms with E-state index in [1.54, 1.807) is 6.61 Å². The highest BCUT2D eigenvalue weighted by atomic mass is 16.5. The molecule has 0 spiro atoms. The van der Waals surface area contributed by atoms with Crippen molar-refractivity contribution in [1.82, 2.24) is 5.32 Å². The van der Waals surface area contributed by atoms with Crippen LogP contribution in [0.4, 0.5) is 4.79 Å². The smallest absolute Gasteiger partial charge is 0.407 e. The first-order valence-electron chi connectivity index (χ1n) is 5.61. The molecule has 0 heterocycles. The Morgan fingerprint density at radius 1 is 1.43 bits per heavy atom. The molecule has 1 amide bonds. The van der Waals surface area contributed by atoms with Gasteiger partial charge in [0.25, 0.3) is 0 Å². The standard InChI is InChI=1S/C11H20NO2/c1-2-3-9-14-11(13)12-10-7-5-4-6-8-10/h9-10H,2-8H2,1H3,(H,12,13). The summed E-state index contributed by atoms with van der Waals surface area (Å²) in [6.45, 7) is 3.64. The van der Waals surface area contributed by atoms with E-state index < -0.39 is 0 Å². The van der Waals surface area contributed by atoms with Gasteiger partial charge in [-0.05, 0) is 19.3 Å². The summed E-state index contributed by atoms with van der Waals surface area (Å²) in [5, 5.41) is 2.89. The highest BCUT2D eigenvalue weighted by Gasteiger charge is 2.15. The average Bonchev–Trinajstić information content (AvgIpc) is 2.20. The maximum Gasteiger partial charge on any atom is 0.407 e. The van der Waals surface area contributed by atoms with Crippen LogP contribution in [-0.4, -0.2) is 12.1 Å². The fourth-order valence-corrected chi connectivity index (χ4v) is 1.70. The lowest BCUT2D eigenvalue weighted by Crippen LogP contribution is -2.36. The van der Waals surface area contributed by atoms with Gasteiger partial charge in [-0.1, -0.05) is 32.6 Å². The molecule has 0 aromatic carbocycles. The summed E-state index contributed by atoms with van der Waals surface area (Å²) in [5.41, 5.74) is 0. The number of hydrogen-bond acceptors (Lipinski definition) is 2. The normalized spacial score (nSPS) is 17.8. The van der Waals surface area contributed by atoms with E-state index in [0.717, 1.165) is 25.7 Å². The predicted octanol–water partition coefficient (Wildman–Crippen LogP) is 3.01. The molecule has 3 heteroatoms. The molecule has 3 nitrogen and oxygen atoms in total. The number of alkyl carbamates (subject to hydrolysis) is 1. The molecule has 1 aliphatic rings. The van der Waals surface area contributed by atoms with Gasteiger partial charge in [0.05, 0.1) is 0 Å². The van der Waals surface area contributed by atoms with Crippen molar-refractivity contribution in [3.05, 3.63) is 6.61 Å². The lowest BCUT2D eigenvalue weighted by atomic mass is 9.96. The van der Waals surface area contributed by atoms with E-state index in [9.17, 15) is 4.79 Å². The Balaban J connectivity index is 2.06. The molecular weight excluding hydrogens is 178 g/mol. The number of unbranched alkanes of at least 4 members (excludes halogenated alkanes) is 1. The van der Waals surface area contributed by atoms with Gasteiger partial charge in [0, 0.05) is 6.04 Å². The summed E-state index contributed by atoms with van der Waals surface area (Å²) in [5.74, 6) is 0. The third-order valence-corrected chi connectivity index (χ3v) is 2.52. The molecule has 0 aliphatic heterocycles. The third-order valence-electron chi connectivity index (χ3n) is 2.52. The second-order valence-corrected chi connectivity index (χ2v) is 3.84. The van der Waals surface area contributed by atoms with Crippen LogP contribution in [0.2, 0.25) is 0 Å². The lowest BCUT2D eigenvalue weighted by Gasteiger charge is -2.22. The summed E-state index contributed by atoms with van der Waals surface area (Å²) < 4.78 is 4.91. The number of amides is 1. The van der Waals surface area contributed by atoms with Gasteiger partial charge in [-0.15, -0.1) is 0 Å². The number of rotatable bonds is 4. The fraction of sp³-hybridized carbons (Fsp3) is 0.818. The monoisotopic (exact) mass is 198 g/mol. The zero-order chi connectivity index (χ0) is 10.2. The van der Waals surface area contributed by atoms with E-state index >= 15 is 0 Å². The van der Waals surface area contributed by atoms with E-state index in [-0.39, 0.29) is 6.09 Å². The molecule has 0 aromatic heterocycles. The molecule has 0 saturated heterocycles. The first kappa shape index (κ1) is 11.3. The lowest BCUT2D eigenvalue weighted by molar-refractivity contribution is 0.161. The van der Waals surface area contributed by atoms with Crippen molar-refractivity contribution in [2.75, 3.05) is 0 Å². The maximum absolute atomic E-state index is 11.2. The van der Waals surface area contributed by atoms with Crippen molar-refractivity contribution in [1.29, 1.82) is 0 Å². The van der Waals surface area contributed by atoms with Gasteiger partial charge in [0.15, 0.2) is 0 Å². The van der Waals surface area contributed by atoms with Crippen LogP contribution < -0.4 is 5.32 Å². The zero-order valence-corrected chi connectivity index (χ0v) is 8.92. The third kappa shape index (κ3) is 4.49. The van der Waals surface area contributed by atoms with Crippen molar-refractivity contribution in [2.45, 2.75) is 57.9 Å². The number of ether oxygens (including phenoxy) is 1. The minimum absolute atomic E-state index is 0.287. The van der Waals surface area contributed by atoms with Crippen LogP contribution in [0.15, 0.2) is 0 Å². The Labute approximate surface area is 86.2 Å². The van der Waals surface area contributed by atoms with Crippen molar-refractivity contribution in [3.8, 4) is 0 Å². The van der Waals surface area contributed by atoms with Gasteiger partial charge in [0.2, 0.25) is 0 Å². The van der Waals surface area contributed by atoms with Gasteiger partial charge in [-0.3, -0.25) is 0 Å². The van der Waals surface area contributed by atoms with Crippen molar-refractivity contribution >= 4 is 6.09 Å². The van der Waals surface area contributed by atoms with Crippen molar-refractivity contribution in [3.63, 3.8) is 0 Å². The molecule has 1 rings (SSSR count). The molecule has 0 unspecified atom stereocenters. The Bertz CT molecular complexity index is 165. The maximum atomic E-state index is 11.2. The molecule has 1 aliphatic carbocycles. The number of carbonyl (C=O) groups excluding carboxylic acids is 1. The van der Waals surface area contributed by atoms with E-state index in [2.05, 4.69) is 12.2 Å². The minimum Gasteiger partial charge on any atom is -0.442 e. The zero-order valence-electron chi connectivity index (χ0n) is 8.92. The van der Waals surface area contributed by atoms with Gasteiger partial charge >= 0.3 is 6.09 Å². The Morgan fingerprint density at radius 2 is 2.14 bits per heavy atom. The number of hydrogen-bond donors (Lipinski definition) is 1. The summed E-state index contributed by atoms with van der Waals surface area (Å²) >= 11 is 0. The SMILES string of the molecule is CCC[CH]OC(=O)NC1CCCCC1. The summed E-state index contributed by atoms with van der Waals surface area (Å²) in [6.07, 6.45) is 7.51. The highest BCUT2D eigenvalue weighted by molar-refractivity contribution is 5.67. The Hall–Kier alpha value is -0.730. The molecule has 1 fully saturated rings. The number of nitrogens with one attached hydrogen (secondary N) is 1. The van der Waals surface area contributed by atoms with Gasteiger partial charge in [-0.2, -0.15) is 0 Å². The molecule has 1 radical (unpaired) electrons. The highest BCUT2D eigenvalue weighted by Crippen LogP contribution is 2.17.